The molecule has 0 aliphatic carbocycles. The highest BCUT2D eigenvalue weighted by molar-refractivity contribution is 9.10. The average molecular weight is 388 g/mol. The number of benzene rings is 1. The van der Waals surface area contributed by atoms with Gasteiger partial charge in [0.2, 0.25) is 0 Å². The minimum atomic E-state index is -2.83. The summed E-state index contributed by atoms with van der Waals surface area (Å²) in [5.41, 5.74) is 0.696. The highest BCUT2D eigenvalue weighted by Gasteiger charge is 2.37. The number of carbonyl (C=O) groups excluding carboxylic acids is 1. The summed E-state index contributed by atoms with van der Waals surface area (Å²) in [5, 5.41) is 0. The second kappa shape index (κ2) is 6.29. The first kappa shape index (κ1) is 16.0. The fraction of sp³-hybridized carbons (Fsp3) is 0.533. The largest absolute Gasteiger partial charge is 0.329 e. The molecule has 7 heteroatoms. The zero-order valence-electron chi connectivity index (χ0n) is 12.3. The Kier molecular flexibility index (Phi) is 4.56. The number of halogens is 1. The molecule has 5 nitrogen and oxygen atoms in total. The van der Waals surface area contributed by atoms with E-state index in [0.29, 0.717) is 30.2 Å². The van der Waals surface area contributed by atoms with Gasteiger partial charge < -0.3 is 9.80 Å². The van der Waals surface area contributed by atoms with E-state index in [-0.39, 0.29) is 11.9 Å². The van der Waals surface area contributed by atoms with Crippen molar-refractivity contribution in [3.05, 3.63) is 34.3 Å². The highest BCUT2D eigenvalue weighted by Crippen LogP contribution is 2.14. The molecule has 2 saturated heterocycles. The number of piperazine rings is 1. The Bertz CT molecular complexity index is 669. The predicted octanol–water partition coefficient (Wildman–Crippen LogP) is -0.0231. The van der Waals surface area contributed by atoms with E-state index in [2.05, 4.69) is 15.9 Å². The summed E-state index contributed by atoms with van der Waals surface area (Å²) in [4.78, 5) is 15.7. The molecule has 3 rings (SSSR count). The van der Waals surface area contributed by atoms with Crippen molar-refractivity contribution in [2.45, 2.75) is 12.5 Å². The minimum absolute atomic E-state index is 0.0550. The minimum Gasteiger partial charge on any atom is -0.329 e. The van der Waals surface area contributed by atoms with Crippen molar-refractivity contribution in [2.24, 2.45) is 0 Å². The highest BCUT2D eigenvalue weighted by atomic mass is 79.9. The van der Waals surface area contributed by atoms with E-state index in [1.54, 1.807) is 0 Å². The van der Waals surface area contributed by atoms with E-state index in [1.165, 1.54) is 4.90 Å². The van der Waals surface area contributed by atoms with Crippen LogP contribution in [0.4, 0.5) is 0 Å². The fourth-order valence-electron chi connectivity index (χ4n) is 3.33. The molecule has 2 heterocycles. The fourth-order valence-corrected chi connectivity index (χ4v) is 5.55. The van der Waals surface area contributed by atoms with E-state index in [4.69, 9.17) is 0 Å². The molecular formula is C15H20BrN2O3S+. The van der Waals surface area contributed by atoms with Gasteiger partial charge in [0.15, 0.2) is 9.84 Å². The zero-order chi connectivity index (χ0) is 15.7. The number of hydrogen-bond donors (Lipinski definition) is 1. The number of nitrogens with one attached hydrogen (secondary N) is 1. The first-order chi connectivity index (χ1) is 10.4. The van der Waals surface area contributed by atoms with Gasteiger partial charge >= 0.3 is 0 Å². The topological polar surface area (TPSA) is 58.9 Å². The molecule has 22 heavy (non-hydrogen) atoms. The van der Waals surface area contributed by atoms with Crippen LogP contribution in [0.25, 0.3) is 0 Å². The zero-order valence-corrected chi connectivity index (χ0v) is 14.7. The van der Waals surface area contributed by atoms with Gasteiger partial charge in [0.25, 0.3) is 5.91 Å². The number of quaternary nitrogens is 1. The molecule has 0 saturated carbocycles. The average Bonchev–Trinajstić information content (AvgIpc) is 2.87. The molecule has 1 aromatic rings. The van der Waals surface area contributed by atoms with Gasteiger partial charge in [0, 0.05) is 16.5 Å². The van der Waals surface area contributed by atoms with Gasteiger partial charge in [-0.05, 0) is 18.2 Å². The number of hydrogen-bond acceptors (Lipinski definition) is 3. The third-order valence-electron chi connectivity index (χ3n) is 4.57. The van der Waals surface area contributed by atoms with Crippen LogP contribution in [0.3, 0.4) is 0 Å². The van der Waals surface area contributed by atoms with Crippen LogP contribution in [-0.2, 0) is 9.84 Å². The number of rotatable bonds is 2. The third-order valence-corrected chi connectivity index (χ3v) is 6.84. The molecule has 120 valence electrons. The molecule has 1 amide bonds. The lowest BCUT2D eigenvalue weighted by atomic mass is 10.1. The Hall–Kier alpha value is -0.920. The van der Waals surface area contributed by atoms with Crippen molar-refractivity contribution in [1.82, 2.24) is 4.90 Å². The normalized spacial score (nSPS) is 25.3. The number of amides is 1. The van der Waals surface area contributed by atoms with Crippen LogP contribution >= 0.6 is 15.9 Å². The van der Waals surface area contributed by atoms with Crippen LogP contribution in [-0.4, -0.2) is 63.0 Å². The lowest BCUT2D eigenvalue weighted by molar-refractivity contribution is -0.925. The lowest BCUT2D eigenvalue weighted by Crippen LogP contribution is -3.18. The number of carbonyl (C=O) groups is 1. The summed E-state index contributed by atoms with van der Waals surface area (Å²) >= 11 is 3.39. The van der Waals surface area contributed by atoms with Crippen LogP contribution in [0.2, 0.25) is 0 Å². The van der Waals surface area contributed by atoms with E-state index in [9.17, 15) is 13.2 Å². The molecule has 0 bridgehead atoms. The van der Waals surface area contributed by atoms with Gasteiger partial charge in [0.05, 0.1) is 31.9 Å². The monoisotopic (exact) mass is 387 g/mol. The Morgan fingerprint density at radius 2 is 2.00 bits per heavy atom. The van der Waals surface area contributed by atoms with Crippen LogP contribution in [0, 0.1) is 0 Å². The Labute approximate surface area is 139 Å². The molecule has 1 aromatic carbocycles. The maximum Gasteiger partial charge on any atom is 0.254 e. The van der Waals surface area contributed by atoms with Gasteiger partial charge in [-0.25, -0.2) is 8.42 Å². The molecule has 2 fully saturated rings. The molecule has 1 N–H and O–H groups in total. The second-order valence-corrected chi connectivity index (χ2v) is 9.21. The van der Waals surface area contributed by atoms with Gasteiger partial charge in [0.1, 0.15) is 11.8 Å². The van der Waals surface area contributed by atoms with Crippen molar-refractivity contribution in [3.8, 4) is 0 Å². The first-order valence-electron chi connectivity index (χ1n) is 7.54. The molecular weight excluding hydrogens is 368 g/mol. The maximum absolute atomic E-state index is 12.5. The van der Waals surface area contributed by atoms with Gasteiger partial charge in [-0.15, -0.1) is 0 Å². The predicted molar refractivity (Wildman–Crippen MR) is 87.8 cm³/mol. The van der Waals surface area contributed by atoms with Crippen molar-refractivity contribution >= 4 is 31.7 Å². The summed E-state index contributed by atoms with van der Waals surface area (Å²) in [6, 6.07) is 7.65. The number of nitrogens with zero attached hydrogens (tertiary/aromatic N) is 1. The van der Waals surface area contributed by atoms with Gasteiger partial charge in [-0.3, -0.25) is 4.79 Å². The van der Waals surface area contributed by atoms with E-state index >= 15 is 0 Å². The van der Waals surface area contributed by atoms with Crippen molar-refractivity contribution < 1.29 is 18.1 Å². The van der Waals surface area contributed by atoms with Crippen molar-refractivity contribution in [2.75, 3.05) is 37.7 Å². The van der Waals surface area contributed by atoms with Crippen LogP contribution < -0.4 is 4.90 Å². The summed E-state index contributed by atoms with van der Waals surface area (Å²) in [6.07, 6.45) is 0.761. The Balaban J connectivity index is 1.59. The molecule has 0 spiro atoms. The standard InChI is InChI=1S/C15H19BrN2O3S/c16-13-3-1-2-12(10-13)15(19)18-7-5-17(6-8-18)14-4-9-22(20,21)11-14/h1-3,10,14H,4-9,11H2/p+1/t14-/m1/s1. The van der Waals surface area contributed by atoms with Gasteiger partial charge in [-0.1, -0.05) is 22.0 Å². The summed E-state index contributed by atoms with van der Waals surface area (Å²) in [5.74, 6) is 0.684. The SMILES string of the molecule is O=C(c1cccc(Br)c1)N1CC[NH+]([C@@H]2CCS(=O)(=O)C2)CC1. The van der Waals surface area contributed by atoms with Gasteiger partial charge in [-0.2, -0.15) is 0 Å². The summed E-state index contributed by atoms with van der Waals surface area (Å²) < 4.78 is 24.1. The van der Waals surface area contributed by atoms with Crippen LogP contribution in [0.1, 0.15) is 16.8 Å². The lowest BCUT2D eigenvalue weighted by Gasteiger charge is -2.35. The Morgan fingerprint density at radius 1 is 1.27 bits per heavy atom. The number of sulfone groups is 1. The molecule has 1 atom stereocenters. The molecule has 2 aliphatic heterocycles. The molecule has 2 aliphatic rings. The first-order valence-corrected chi connectivity index (χ1v) is 10.2. The third kappa shape index (κ3) is 3.52. The maximum atomic E-state index is 12.5. The van der Waals surface area contributed by atoms with E-state index in [0.717, 1.165) is 24.0 Å². The van der Waals surface area contributed by atoms with Crippen molar-refractivity contribution in [3.63, 3.8) is 0 Å². The summed E-state index contributed by atoms with van der Waals surface area (Å²) in [6.45, 7) is 3.05. The smallest absolute Gasteiger partial charge is 0.254 e. The quantitative estimate of drug-likeness (QED) is 0.775. The van der Waals surface area contributed by atoms with Crippen molar-refractivity contribution in [1.29, 1.82) is 0 Å². The second-order valence-electron chi connectivity index (χ2n) is 6.06. The van der Waals surface area contributed by atoms with E-state index in [1.807, 2.05) is 29.2 Å². The molecule has 0 unspecified atom stereocenters. The summed E-state index contributed by atoms with van der Waals surface area (Å²) in [7, 11) is -2.83. The molecule has 0 aromatic heterocycles. The van der Waals surface area contributed by atoms with Crippen LogP contribution in [0.5, 0.6) is 0 Å². The van der Waals surface area contributed by atoms with Crippen LogP contribution in [0.15, 0.2) is 28.7 Å². The molecule has 0 radical (unpaired) electrons. The van der Waals surface area contributed by atoms with E-state index < -0.39 is 9.84 Å². The Morgan fingerprint density at radius 3 is 2.59 bits per heavy atom.